The van der Waals surface area contributed by atoms with Crippen LogP contribution in [0.15, 0.2) is 70.6 Å². The number of nitrogens with zero attached hydrogens (tertiary/aromatic N) is 4. The molecule has 0 unspecified atom stereocenters. The highest BCUT2D eigenvalue weighted by Gasteiger charge is 2.20. The van der Waals surface area contributed by atoms with E-state index in [4.69, 9.17) is 4.42 Å². The molecule has 0 N–H and O–H groups in total. The number of aryl methyl sites for hydroxylation is 2. The van der Waals surface area contributed by atoms with Crippen molar-refractivity contribution < 1.29 is 9.21 Å². The van der Waals surface area contributed by atoms with Gasteiger partial charge in [-0.15, -0.1) is 10.2 Å². The molecule has 0 aliphatic carbocycles. The lowest BCUT2D eigenvalue weighted by Crippen LogP contribution is -2.08. The molecule has 0 saturated carbocycles. The summed E-state index contributed by atoms with van der Waals surface area (Å²) < 4.78 is 9.22. The molecule has 7 heteroatoms. The first-order valence-corrected chi connectivity index (χ1v) is 9.46. The van der Waals surface area contributed by atoms with Gasteiger partial charge in [0, 0.05) is 18.9 Å². The second kappa shape index (κ2) is 7.28. The van der Waals surface area contributed by atoms with E-state index in [9.17, 15) is 4.79 Å². The van der Waals surface area contributed by atoms with Crippen LogP contribution in [0.3, 0.4) is 0 Å². The third-order valence-corrected chi connectivity index (χ3v) is 5.24. The number of carbonyl (C=O) groups is 1. The number of aromatic nitrogens is 4. The van der Waals surface area contributed by atoms with Crippen LogP contribution in [0.5, 0.6) is 0 Å². The molecule has 4 aromatic rings. The Labute approximate surface area is 160 Å². The quantitative estimate of drug-likeness (QED) is 0.372. The van der Waals surface area contributed by atoms with Crippen molar-refractivity contribution in [3.63, 3.8) is 0 Å². The van der Waals surface area contributed by atoms with E-state index in [-0.39, 0.29) is 11.5 Å². The van der Waals surface area contributed by atoms with Crippen LogP contribution in [0.4, 0.5) is 0 Å². The minimum absolute atomic E-state index is 0.0520. The van der Waals surface area contributed by atoms with Crippen molar-refractivity contribution in [2.24, 2.45) is 7.05 Å². The van der Waals surface area contributed by atoms with E-state index in [0.717, 1.165) is 17.0 Å². The van der Waals surface area contributed by atoms with Gasteiger partial charge in [-0.2, -0.15) is 0 Å². The van der Waals surface area contributed by atoms with Crippen molar-refractivity contribution in [3.8, 4) is 17.1 Å². The average molecular weight is 378 g/mol. The van der Waals surface area contributed by atoms with Gasteiger partial charge in [-0.3, -0.25) is 9.36 Å². The van der Waals surface area contributed by atoms with Gasteiger partial charge >= 0.3 is 0 Å². The summed E-state index contributed by atoms with van der Waals surface area (Å²) in [4.78, 5) is 12.5. The summed E-state index contributed by atoms with van der Waals surface area (Å²) in [6.07, 6.45) is 3.50. The first-order valence-electron chi connectivity index (χ1n) is 8.48. The van der Waals surface area contributed by atoms with Crippen molar-refractivity contribution in [2.75, 3.05) is 5.75 Å². The molecule has 0 aliphatic heterocycles. The lowest BCUT2D eigenvalue weighted by molar-refractivity contribution is 0.101. The molecule has 0 radical (unpaired) electrons. The van der Waals surface area contributed by atoms with E-state index >= 15 is 0 Å². The van der Waals surface area contributed by atoms with E-state index in [1.807, 2.05) is 77.8 Å². The topological polar surface area (TPSA) is 65.8 Å². The van der Waals surface area contributed by atoms with Crippen LogP contribution < -0.4 is 0 Å². The molecular weight excluding hydrogens is 360 g/mol. The Balaban J connectivity index is 1.69. The van der Waals surface area contributed by atoms with Crippen LogP contribution in [0.2, 0.25) is 0 Å². The van der Waals surface area contributed by atoms with Crippen molar-refractivity contribution in [2.45, 2.75) is 12.1 Å². The molecule has 0 fully saturated rings. The van der Waals surface area contributed by atoms with Crippen LogP contribution in [0, 0.1) is 6.92 Å². The van der Waals surface area contributed by atoms with E-state index < -0.39 is 0 Å². The average Bonchev–Trinajstić information content (AvgIpc) is 3.40. The van der Waals surface area contributed by atoms with Crippen molar-refractivity contribution >= 4 is 17.5 Å². The lowest BCUT2D eigenvalue weighted by atomic mass is 10.2. The summed E-state index contributed by atoms with van der Waals surface area (Å²) in [6, 6.07) is 15.4. The fraction of sp³-hybridized carbons (Fsp3) is 0.150. The Hall–Kier alpha value is -3.06. The molecule has 6 nitrogen and oxygen atoms in total. The van der Waals surface area contributed by atoms with Gasteiger partial charge in [0.05, 0.1) is 23.3 Å². The van der Waals surface area contributed by atoms with Gasteiger partial charge in [0.25, 0.3) is 0 Å². The second-order valence-corrected chi connectivity index (χ2v) is 7.03. The molecule has 3 aromatic heterocycles. The number of rotatable bonds is 6. The minimum Gasteiger partial charge on any atom is -0.469 e. The summed E-state index contributed by atoms with van der Waals surface area (Å²) in [6.45, 7) is 1.89. The number of ketones is 1. The SMILES string of the molecule is Cc1occc1-c1nnc(SCC(=O)c2cccn2C)n1-c1ccccc1. The predicted molar refractivity (Wildman–Crippen MR) is 104 cm³/mol. The van der Waals surface area contributed by atoms with Gasteiger partial charge in [-0.05, 0) is 37.3 Å². The number of carbonyl (C=O) groups excluding carboxylic acids is 1. The molecule has 0 saturated heterocycles. The summed E-state index contributed by atoms with van der Waals surface area (Å²) >= 11 is 1.38. The summed E-state index contributed by atoms with van der Waals surface area (Å²) in [7, 11) is 1.87. The molecule has 4 rings (SSSR count). The largest absolute Gasteiger partial charge is 0.469 e. The maximum atomic E-state index is 12.5. The molecule has 136 valence electrons. The minimum atomic E-state index is 0.0520. The van der Waals surface area contributed by atoms with Gasteiger partial charge in [-0.25, -0.2) is 0 Å². The zero-order chi connectivity index (χ0) is 18.8. The van der Waals surface area contributed by atoms with Gasteiger partial charge in [0.1, 0.15) is 5.76 Å². The van der Waals surface area contributed by atoms with Crippen LogP contribution in [-0.4, -0.2) is 30.9 Å². The van der Waals surface area contributed by atoms with E-state index in [2.05, 4.69) is 10.2 Å². The Kier molecular flexibility index (Phi) is 4.68. The van der Waals surface area contributed by atoms with Crippen LogP contribution >= 0.6 is 11.8 Å². The normalized spacial score (nSPS) is 11.0. The van der Waals surface area contributed by atoms with Crippen molar-refractivity contribution in [1.82, 2.24) is 19.3 Å². The van der Waals surface area contributed by atoms with Crippen LogP contribution in [-0.2, 0) is 7.05 Å². The number of thioether (sulfide) groups is 1. The van der Waals surface area contributed by atoms with E-state index in [0.29, 0.717) is 16.7 Å². The predicted octanol–water partition coefficient (Wildman–Crippen LogP) is 4.15. The zero-order valence-corrected chi connectivity index (χ0v) is 15.8. The number of furan rings is 1. The number of hydrogen-bond acceptors (Lipinski definition) is 5. The molecule has 27 heavy (non-hydrogen) atoms. The summed E-state index contributed by atoms with van der Waals surface area (Å²) in [5.74, 6) is 1.81. The smallest absolute Gasteiger partial charge is 0.196 e. The molecule has 1 aromatic carbocycles. The third-order valence-electron chi connectivity index (χ3n) is 4.31. The first kappa shape index (κ1) is 17.4. The van der Waals surface area contributed by atoms with Crippen LogP contribution in [0.25, 0.3) is 17.1 Å². The van der Waals surface area contributed by atoms with Crippen molar-refractivity contribution in [1.29, 1.82) is 0 Å². The molecule has 0 spiro atoms. The molecular formula is C20H18N4O2S. The highest BCUT2D eigenvalue weighted by Crippen LogP contribution is 2.30. The van der Waals surface area contributed by atoms with Crippen LogP contribution in [0.1, 0.15) is 16.2 Å². The number of benzene rings is 1. The molecule has 0 aliphatic rings. The third kappa shape index (κ3) is 3.33. The number of hydrogen-bond donors (Lipinski definition) is 0. The maximum absolute atomic E-state index is 12.5. The Morgan fingerprint density at radius 1 is 1.11 bits per heavy atom. The fourth-order valence-corrected chi connectivity index (χ4v) is 3.75. The monoisotopic (exact) mass is 378 g/mol. The van der Waals surface area contributed by atoms with Gasteiger partial charge < -0.3 is 8.98 Å². The molecule has 0 amide bonds. The fourth-order valence-electron chi connectivity index (χ4n) is 2.92. The van der Waals surface area contributed by atoms with Gasteiger partial charge in [0.2, 0.25) is 0 Å². The Bertz CT molecular complexity index is 1080. The van der Waals surface area contributed by atoms with E-state index in [1.165, 1.54) is 11.8 Å². The van der Waals surface area contributed by atoms with Gasteiger partial charge in [0.15, 0.2) is 16.8 Å². The molecule has 3 heterocycles. The second-order valence-electron chi connectivity index (χ2n) is 6.08. The summed E-state index contributed by atoms with van der Waals surface area (Å²) in [5, 5.41) is 9.38. The molecule has 0 bridgehead atoms. The first-order chi connectivity index (χ1) is 13.1. The van der Waals surface area contributed by atoms with Gasteiger partial charge in [-0.1, -0.05) is 30.0 Å². The molecule has 0 atom stereocenters. The Morgan fingerprint density at radius 3 is 2.59 bits per heavy atom. The highest BCUT2D eigenvalue weighted by atomic mass is 32.2. The lowest BCUT2D eigenvalue weighted by Gasteiger charge is -2.09. The highest BCUT2D eigenvalue weighted by molar-refractivity contribution is 7.99. The van der Waals surface area contributed by atoms with E-state index in [1.54, 1.807) is 6.26 Å². The maximum Gasteiger partial charge on any atom is 0.196 e. The van der Waals surface area contributed by atoms with Crippen molar-refractivity contribution in [3.05, 3.63) is 72.4 Å². The number of para-hydroxylation sites is 1. The summed E-state index contributed by atoms with van der Waals surface area (Å²) in [5.41, 5.74) is 2.50. The zero-order valence-electron chi connectivity index (χ0n) is 15.0. The number of Topliss-reactive ketones (excluding diaryl/α,β-unsaturated/α-hetero) is 1. The Morgan fingerprint density at radius 2 is 1.93 bits per heavy atom. The standard InChI is InChI=1S/C20H18N4O2S/c1-14-16(10-12-26-14)19-21-22-20(24(19)15-7-4-3-5-8-15)27-13-18(25)17-9-6-11-23(17)2/h3-12H,13H2,1-2H3.